The van der Waals surface area contributed by atoms with Crippen LogP contribution in [-0.2, 0) is 11.2 Å². The second-order valence-corrected chi connectivity index (χ2v) is 7.96. The van der Waals surface area contributed by atoms with Crippen molar-refractivity contribution in [2.75, 3.05) is 13.1 Å². The highest BCUT2D eigenvalue weighted by Crippen LogP contribution is 2.26. The first-order chi connectivity index (χ1) is 8.50. The molecule has 1 aliphatic heterocycles. The lowest BCUT2D eigenvalue weighted by atomic mass is 9.91. The van der Waals surface area contributed by atoms with E-state index in [1.165, 1.54) is 19.3 Å². The fourth-order valence-electron chi connectivity index (χ4n) is 2.45. The first-order valence-electron chi connectivity index (χ1n) is 6.53. The van der Waals surface area contributed by atoms with Crippen molar-refractivity contribution in [1.29, 1.82) is 0 Å². The van der Waals surface area contributed by atoms with Crippen LogP contribution >= 0.6 is 27.3 Å². The molecule has 0 radical (unpaired) electrons. The summed E-state index contributed by atoms with van der Waals surface area (Å²) < 4.78 is 1.10. The van der Waals surface area contributed by atoms with Crippen LogP contribution in [0.3, 0.4) is 0 Å². The molecular formula is C14H20BrNOS. The van der Waals surface area contributed by atoms with E-state index in [0.29, 0.717) is 12.2 Å². The number of piperidine rings is 1. The quantitative estimate of drug-likeness (QED) is 0.835. The predicted octanol–water partition coefficient (Wildman–Crippen LogP) is 3.89. The number of carbonyl (C=O) groups excluding carboxylic acids is 1. The minimum Gasteiger partial charge on any atom is -0.297 e. The molecule has 0 aliphatic carbocycles. The third-order valence-corrected chi connectivity index (χ3v) is 5.42. The molecule has 2 nitrogen and oxygen atoms in total. The Balaban J connectivity index is 2.02. The monoisotopic (exact) mass is 329 g/mol. The van der Waals surface area contributed by atoms with E-state index in [-0.39, 0.29) is 5.54 Å². The number of Topliss-reactive ketones (excluding diaryl/α,β-unsaturated/α-hetero) is 1. The minimum atomic E-state index is -0.323. The molecule has 0 atom stereocenters. The number of likely N-dealkylation sites (tertiary alicyclic amines) is 1. The van der Waals surface area contributed by atoms with Gasteiger partial charge in [0.05, 0.1) is 9.33 Å². The maximum atomic E-state index is 12.5. The maximum Gasteiger partial charge on any atom is 0.157 e. The molecule has 1 fully saturated rings. The third kappa shape index (κ3) is 3.22. The van der Waals surface area contributed by atoms with E-state index in [9.17, 15) is 4.79 Å². The van der Waals surface area contributed by atoms with E-state index < -0.39 is 0 Å². The van der Waals surface area contributed by atoms with Crippen LogP contribution in [0.1, 0.15) is 38.0 Å². The van der Waals surface area contributed by atoms with Crippen molar-refractivity contribution in [3.8, 4) is 0 Å². The van der Waals surface area contributed by atoms with E-state index >= 15 is 0 Å². The third-order valence-electron chi connectivity index (χ3n) is 3.79. The number of thiophene rings is 1. The van der Waals surface area contributed by atoms with Crippen LogP contribution in [-0.4, -0.2) is 29.3 Å². The first kappa shape index (κ1) is 14.2. The average molecular weight is 330 g/mol. The van der Waals surface area contributed by atoms with E-state index in [4.69, 9.17) is 0 Å². The number of carbonyl (C=O) groups is 1. The van der Waals surface area contributed by atoms with Gasteiger partial charge in [-0.05, 0) is 67.8 Å². The topological polar surface area (TPSA) is 20.3 Å². The standard InChI is InChI=1S/C14H20BrNOS/c1-14(2,16-8-4-3-5-9-16)12(17)10-11-6-7-13(15)18-11/h6-7H,3-5,8-10H2,1-2H3. The smallest absolute Gasteiger partial charge is 0.157 e. The Hall–Kier alpha value is -0.190. The van der Waals surface area contributed by atoms with Crippen LogP contribution in [0.2, 0.25) is 0 Å². The molecule has 1 aromatic rings. The van der Waals surface area contributed by atoms with Crippen LogP contribution in [0.15, 0.2) is 15.9 Å². The van der Waals surface area contributed by atoms with E-state index in [2.05, 4.69) is 34.7 Å². The summed E-state index contributed by atoms with van der Waals surface area (Å²) in [5, 5.41) is 0. The number of halogens is 1. The number of nitrogens with zero attached hydrogens (tertiary/aromatic N) is 1. The zero-order chi connectivity index (χ0) is 13.2. The molecule has 2 heterocycles. The summed E-state index contributed by atoms with van der Waals surface area (Å²) in [5.41, 5.74) is -0.323. The van der Waals surface area contributed by atoms with Gasteiger partial charge in [0, 0.05) is 11.3 Å². The Morgan fingerprint density at radius 1 is 1.33 bits per heavy atom. The van der Waals surface area contributed by atoms with Gasteiger partial charge in [0.1, 0.15) is 0 Å². The van der Waals surface area contributed by atoms with Crippen molar-refractivity contribution >= 4 is 33.0 Å². The van der Waals surface area contributed by atoms with Gasteiger partial charge < -0.3 is 0 Å². The van der Waals surface area contributed by atoms with E-state index in [1.807, 2.05) is 12.1 Å². The minimum absolute atomic E-state index is 0.323. The molecule has 2 rings (SSSR count). The Bertz CT molecular complexity index is 421. The number of hydrogen-bond donors (Lipinski definition) is 0. The fourth-order valence-corrected chi connectivity index (χ4v) is 3.93. The highest BCUT2D eigenvalue weighted by Gasteiger charge is 2.34. The molecule has 0 spiro atoms. The molecule has 0 saturated carbocycles. The van der Waals surface area contributed by atoms with Crippen molar-refractivity contribution in [3.63, 3.8) is 0 Å². The molecule has 18 heavy (non-hydrogen) atoms. The number of hydrogen-bond acceptors (Lipinski definition) is 3. The first-order valence-corrected chi connectivity index (χ1v) is 8.13. The summed E-state index contributed by atoms with van der Waals surface area (Å²) in [5.74, 6) is 0.332. The van der Waals surface area contributed by atoms with Crippen molar-refractivity contribution in [2.24, 2.45) is 0 Å². The van der Waals surface area contributed by atoms with Crippen LogP contribution in [0.5, 0.6) is 0 Å². The Morgan fingerprint density at radius 2 is 2.00 bits per heavy atom. The van der Waals surface area contributed by atoms with Gasteiger partial charge in [0.15, 0.2) is 5.78 Å². The zero-order valence-corrected chi connectivity index (χ0v) is 13.4. The summed E-state index contributed by atoms with van der Waals surface area (Å²) >= 11 is 5.10. The molecule has 0 unspecified atom stereocenters. The maximum absolute atomic E-state index is 12.5. The van der Waals surface area contributed by atoms with Crippen molar-refractivity contribution < 1.29 is 4.79 Å². The molecule has 1 aromatic heterocycles. The van der Waals surface area contributed by atoms with Gasteiger partial charge in [0.2, 0.25) is 0 Å². The Morgan fingerprint density at radius 3 is 2.56 bits per heavy atom. The molecule has 1 saturated heterocycles. The molecular weight excluding hydrogens is 310 g/mol. The normalized spacial score (nSPS) is 17.9. The van der Waals surface area contributed by atoms with E-state index in [1.54, 1.807) is 11.3 Å². The lowest BCUT2D eigenvalue weighted by Crippen LogP contribution is -2.52. The van der Waals surface area contributed by atoms with Crippen molar-refractivity contribution in [1.82, 2.24) is 4.90 Å². The SMILES string of the molecule is CC(C)(C(=O)Cc1ccc(Br)s1)N1CCCCC1. The van der Waals surface area contributed by atoms with Gasteiger partial charge >= 0.3 is 0 Å². The molecule has 0 bridgehead atoms. The van der Waals surface area contributed by atoms with Crippen molar-refractivity contribution in [3.05, 3.63) is 20.8 Å². The number of rotatable bonds is 4. The highest BCUT2D eigenvalue weighted by molar-refractivity contribution is 9.11. The molecule has 0 aromatic carbocycles. The van der Waals surface area contributed by atoms with Gasteiger partial charge in [-0.2, -0.15) is 0 Å². The lowest BCUT2D eigenvalue weighted by molar-refractivity contribution is -0.129. The molecule has 1 aliphatic rings. The summed E-state index contributed by atoms with van der Waals surface area (Å²) in [6.45, 7) is 6.27. The van der Waals surface area contributed by atoms with Crippen LogP contribution in [0.25, 0.3) is 0 Å². The molecule has 0 N–H and O–H groups in total. The Kier molecular flexibility index (Phi) is 4.62. The molecule has 0 amide bonds. The Labute approximate surface area is 122 Å². The summed E-state index contributed by atoms with van der Waals surface area (Å²) in [6, 6.07) is 4.06. The van der Waals surface area contributed by atoms with E-state index in [0.717, 1.165) is 21.8 Å². The van der Waals surface area contributed by atoms with Crippen molar-refractivity contribution in [2.45, 2.75) is 45.1 Å². The largest absolute Gasteiger partial charge is 0.297 e. The van der Waals surface area contributed by atoms with Crippen LogP contribution < -0.4 is 0 Å². The molecule has 4 heteroatoms. The van der Waals surface area contributed by atoms with Gasteiger partial charge in [-0.25, -0.2) is 0 Å². The summed E-state index contributed by atoms with van der Waals surface area (Å²) in [7, 11) is 0. The van der Waals surface area contributed by atoms with Crippen LogP contribution in [0.4, 0.5) is 0 Å². The second kappa shape index (κ2) is 5.85. The van der Waals surface area contributed by atoms with Gasteiger partial charge in [-0.15, -0.1) is 11.3 Å². The summed E-state index contributed by atoms with van der Waals surface area (Å²) in [6.07, 6.45) is 4.31. The lowest BCUT2D eigenvalue weighted by Gasteiger charge is -2.39. The summed E-state index contributed by atoms with van der Waals surface area (Å²) in [4.78, 5) is 16.0. The average Bonchev–Trinajstić information content (AvgIpc) is 2.76. The van der Waals surface area contributed by atoms with Gasteiger partial charge in [0.25, 0.3) is 0 Å². The van der Waals surface area contributed by atoms with Gasteiger partial charge in [-0.1, -0.05) is 6.42 Å². The number of ketones is 1. The van der Waals surface area contributed by atoms with Crippen LogP contribution in [0, 0.1) is 0 Å². The van der Waals surface area contributed by atoms with Gasteiger partial charge in [-0.3, -0.25) is 9.69 Å². The second-order valence-electron chi connectivity index (χ2n) is 5.41. The molecule has 100 valence electrons. The fraction of sp³-hybridized carbons (Fsp3) is 0.643. The zero-order valence-electron chi connectivity index (χ0n) is 11.0. The predicted molar refractivity (Wildman–Crippen MR) is 80.2 cm³/mol. The highest BCUT2D eigenvalue weighted by atomic mass is 79.9.